The van der Waals surface area contributed by atoms with Crippen molar-refractivity contribution in [2.24, 2.45) is 4.99 Å². The summed E-state index contributed by atoms with van der Waals surface area (Å²) in [5.41, 5.74) is 1.20. The van der Waals surface area contributed by atoms with Crippen molar-refractivity contribution in [2.45, 2.75) is 25.9 Å². The van der Waals surface area contributed by atoms with Crippen molar-refractivity contribution < 1.29 is 4.74 Å². The maximum atomic E-state index is 5.43. The van der Waals surface area contributed by atoms with E-state index in [1.165, 1.54) is 5.56 Å². The second-order valence-electron chi connectivity index (χ2n) is 4.40. The lowest BCUT2D eigenvalue weighted by Gasteiger charge is -2.12. The molecule has 1 aromatic rings. The Hall–Kier alpha value is -1.51. The van der Waals surface area contributed by atoms with Crippen molar-refractivity contribution in [1.29, 1.82) is 0 Å². The molecule has 1 aromatic carbocycles. The fraction of sp³-hybridized carbons (Fsp3) is 0.417. The molecule has 80 valence electrons. The first kappa shape index (κ1) is 10.0. The van der Waals surface area contributed by atoms with Crippen molar-refractivity contribution in [3.05, 3.63) is 35.9 Å². The van der Waals surface area contributed by atoms with Gasteiger partial charge in [0.15, 0.2) is 0 Å². The molecule has 1 fully saturated rings. The van der Waals surface area contributed by atoms with Crippen LogP contribution in [0.3, 0.4) is 0 Å². The third-order valence-electron chi connectivity index (χ3n) is 2.26. The summed E-state index contributed by atoms with van der Waals surface area (Å²) in [6, 6.07) is 10.8. The number of hydrogen-bond acceptors (Lipinski definition) is 2. The summed E-state index contributed by atoms with van der Waals surface area (Å²) in [5, 5.41) is 3.23. The van der Waals surface area contributed by atoms with Gasteiger partial charge in [0.2, 0.25) is 0 Å². The van der Waals surface area contributed by atoms with E-state index < -0.39 is 0 Å². The standard InChI is InChI=1S/C12H16N2O/c1-12(2)9-15-11(14-12)13-8-10-6-4-3-5-7-10/h3-7H,8-9H2,1-2H3,(H,13,14). The summed E-state index contributed by atoms with van der Waals surface area (Å²) in [7, 11) is 0. The number of amidine groups is 1. The fourth-order valence-electron chi connectivity index (χ4n) is 1.44. The van der Waals surface area contributed by atoms with Gasteiger partial charge < -0.3 is 10.1 Å². The molecule has 0 aromatic heterocycles. The molecule has 0 atom stereocenters. The third-order valence-corrected chi connectivity index (χ3v) is 2.26. The summed E-state index contributed by atoms with van der Waals surface area (Å²) in [6.07, 6.45) is 0. The van der Waals surface area contributed by atoms with Crippen LogP contribution in [-0.2, 0) is 11.3 Å². The van der Waals surface area contributed by atoms with Gasteiger partial charge in [0.25, 0.3) is 6.02 Å². The largest absolute Gasteiger partial charge is 0.463 e. The van der Waals surface area contributed by atoms with Gasteiger partial charge in [-0.1, -0.05) is 30.3 Å². The maximum Gasteiger partial charge on any atom is 0.285 e. The lowest BCUT2D eigenvalue weighted by Crippen LogP contribution is -2.36. The molecular weight excluding hydrogens is 188 g/mol. The number of aliphatic imine (C=N–C) groups is 1. The first-order chi connectivity index (χ1) is 7.16. The first-order valence-corrected chi connectivity index (χ1v) is 5.15. The first-order valence-electron chi connectivity index (χ1n) is 5.15. The lowest BCUT2D eigenvalue weighted by atomic mass is 10.1. The Bertz CT molecular complexity index is 357. The van der Waals surface area contributed by atoms with E-state index in [0.29, 0.717) is 19.2 Å². The van der Waals surface area contributed by atoms with Crippen LogP contribution in [0.1, 0.15) is 19.4 Å². The van der Waals surface area contributed by atoms with E-state index in [1.807, 2.05) is 18.2 Å². The number of benzene rings is 1. The normalized spacial score (nSPS) is 21.1. The fourth-order valence-corrected chi connectivity index (χ4v) is 1.44. The Morgan fingerprint density at radius 1 is 1.33 bits per heavy atom. The minimum absolute atomic E-state index is 0.00945. The molecule has 0 unspecified atom stereocenters. The van der Waals surface area contributed by atoms with Crippen LogP contribution in [-0.4, -0.2) is 18.2 Å². The zero-order valence-corrected chi connectivity index (χ0v) is 9.16. The van der Waals surface area contributed by atoms with E-state index >= 15 is 0 Å². The van der Waals surface area contributed by atoms with E-state index in [0.717, 1.165) is 0 Å². The molecule has 0 saturated carbocycles. The Kier molecular flexibility index (Phi) is 2.62. The Labute approximate surface area is 90.2 Å². The average molecular weight is 204 g/mol. The Balaban J connectivity index is 1.96. The highest BCUT2D eigenvalue weighted by Crippen LogP contribution is 2.11. The smallest absolute Gasteiger partial charge is 0.285 e. The zero-order valence-electron chi connectivity index (χ0n) is 9.16. The quantitative estimate of drug-likeness (QED) is 0.798. The molecule has 3 heteroatoms. The Morgan fingerprint density at radius 2 is 2.07 bits per heavy atom. The number of hydrogen-bond donors (Lipinski definition) is 1. The summed E-state index contributed by atoms with van der Waals surface area (Å²) in [6.45, 7) is 5.54. The number of nitrogens with one attached hydrogen (secondary N) is 1. The van der Waals surface area contributed by atoms with Crippen molar-refractivity contribution in [3.8, 4) is 0 Å². The van der Waals surface area contributed by atoms with E-state index in [1.54, 1.807) is 0 Å². The van der Waals surface area contributed by atoms with E-state index in [9.17, 15) is 0 Å². The molecule has 3 nitrogen and oxygen atoms in total. The van der Waals surface area contributed by atoms with Gasteiger partial charge in [-0.15, -0.1) is 0 Å². The van der Waals surface area contributed by atoms with Gasteiger partial charge >= 0.3 is 0 Å². The SMILES string of the molecule is CC1(C)COC(=NCc2ccccc2)N1. The molecule has 1 saturated heterocycles. The van der Waals surface area contributed by atoms with Crippen molar-refractivity contribution in [1.82, 2.24) is 5.32 Å². The predicted octanol–water partition coefficient (Wildman–Crippen LogP) is 1.94. The van der Waals surface area contributed by atoms with Crippen molar-refractivity contribution >= 4 is 6.02 Å². The monoisotopic (exact) mass is 204 g/mol. The van der Waals surface area contributed by atoms with Crippen molar-refractivity contribution in [2.75, 3.05) is 6.61 Å². The van der Waals surface area contributed by atoms with Crippen LogP contribution in [0.5, 0.6) is 0 Å². The van der Waals surface area contributed by atoms with Gasteiger partial charge in [0.1, 0.15) is 6.61 Å². The Morgan fingerprint density at radius 3 is 2.67 bits per heavy atom. The second-order valence-corrected chi connectivity index (χ2v) is 4.40. The molecule has 1 aliphatic rings. The van der Waals surface area contributed by atoms with E-state index in [4.69, 9.17) is 4.74 Å². The molecular formula is C12H16N2O. The summed E-state index contributed by atoms with van der Waals surface area (Å²) in [5.74, 6) is 0. The van der Waals surface area contributed by atoms with Crippen LogP contribution >= 0.6 is 0 Å². The van der Waals surface area contributed by atoms with Crippen LogP contribution in [0.25, 0.3) is 0 Å². The van der Waals surface area contributed by atoms with Crippen LogP contribution in [0.15, 0.2) is 35.3 Å². The third kappa shape index (κ3) is 2.72. The van der Waals surface area contributed by atoms with Crippen LogP contribution in [0.2, 0.25) is 0 Å². The summed E-state index contributed by atoms with van der Waals surface area (Å²) in [4.78, 5) is 4.37. The average Bonchev–Trinajstić information content (AvgIpc) is 2.57. The molecule has 1 heterocycles. The highest BCUT2D eigenvalue weighted by atomic mass is 16.5. The highest BCUT2D eigenvalue weighted by Gasteiger charge is 2.27. The summed E-state index contributed by atoms with van der Waals surface area (Å²) >= 11 is 0. The van der Waals surface area contributed by atoms with E-state index in [-0.39, 0.29) is 5.54 Å². The molecule has 0 spiro atoms. The van der Waals surface area contributed by atoms with Gasteiger partial charge in [-0.05, 0) is 19.4 Å². The molecule has 0 amide bonds. The van der Waals surface area contributed by atoms with Crippen LogP contribution < -0.4 is 5.32 Å². The topological polar surface area (TPSA) is 33.6 Å². The highest BCUT2D eigenvalue weighted by molar-refractivity contribution is 5.76. The van der Waals surface area contributed by atoms with Crippen molar-refractivity contribution in [3.63, 3.8) is 0 Å². The van der Waals surface area contributed by atoms with Gasteiger partial charge in [-0.3, -0.25) is 0 Å². The molecule has 0 radical (unpaired) electrons. The van der Waals surface area contributed by atoms with Gasteiger partial charge in [0, 0.05) is 0 Å². The van der Waals surface area contributed by atoms with Gasteiger partial charge in [-0.2, -0.15) is 0 Å². The molecule has 1 N–H and O–H groups in total. The molecule has 0 aliphatic carbocycles. The molecule has 2 rings (SSSR count). The second kappa shape index (κ2) is 3.93. The maximum absolute atomic E-state index is 5.43. The minimum atomic E-state index is 0.00945. The molecule has 15 heavy (non-hydrogen) atoms. The zero-order chi connectivity index (χ0) is 10.7. The molecule has 0 bridgehead atoms. The summed E-state index contributed by atoms with van der Waals surface area (Å²) < 4.78 is 5.43. The number of rotatable bonds is 2. The lowest BCUT2D eigenvalue weighted by molar-refractivity contribution is 0.287. The number of nitrogens with zero attached hydrogens (tertiary/aromatic N) is 1. The minimum Gasteiger partial charge on any atom is -0.463 e. The van der Waals surface area contributed by atoms with E-state index in [2.05, 4.69) is 36.3 Å². The van der Waals surface area contributed by atoms with Gasteiger partial charge in [-0.25, -0.2) is 4.99 Å². The van der Waals surface area contributed by atoms with Gasteiger partial charge in [0.05, 0.1) is 12.1 Å². The number of ether oxygens (including phenoxy) is 1. The molecule has 1 aliphatic heterocycles. The van der Waals surface area contributed by atoms with Crippen LogP contribution in [0, 0.1) is 0 Å². The van der Waals surface area contributed by atoms with Crippen LogP contribution in [0.4, 0.5) is 0 Å². The predicted molar refractivity (Wildman–Crippen MR) is 60.7 cm³/mol.